The third-order valence-electron chi connectivity index (χ3n) is 4.75. The molecule has 0 radical (unpaired) electrons. The molecule has 0 spiro atoms. The number of sulfonamides is 1. The highest BCUT2D eigenvalue weighted by Gasteiger charge is 2.26. The molecule has 8 heteroatoms. The highest BCUT2D eigenvalue weighted by molar-refractivity contribution is 7.89. The van der Waals surface area contributed by atoms with Gasteiger partial charge in [0.05, 0.1) is 12.0 Å². The maximum absolute atomic E-state index is 13.1. The van der Waals surface area contributed by atoms with Crippen molar-refractivity contribution in [2.75, 3.05) is 46.4 Å². The molecule has 1 aliphatic rings. The molecule has 1 saturated heterocycles. The molecule has 1 aromatic carbocycles. The average Bonchev–Trinajstić information content (AvgIpc) is 2.70. The second-order valence-electron chi connectivity index (χ2n) is 6.67. The monoisotopic (exact) mass is 397 g/mol. The number of rotatable bonds is 10. The lowest BCUT2D eigenvalue weighted by atomic mass is 10.2. The predicted octanol–water partition coefficient (Wildman–Crippen LogP) is 1.70. The van der Waals surface area contributed by atoms with E-state index in [0.29, 0.717) is 25.4 Å². The van der Waals surface area contributed by atoms with Crippen LogP contribution in [0.2, 0.25) is 0 Å². The lowest BCUT2D eigenvalue weighted by Gasteiger charge is -2.29. The van der Waals surface area contributed by atoms with Crippen molar-refractivity contribution in [3.05, 3.63) is 24.3 Å². The molecule has 0 unspecified atom stereocenters. The largest absolute Gasteiger partial charge is 0.497 e. The third-order valence-corrected chi connectivity index (χ3v) is 6.67. The fourth-order valence-electron chi connectivity index (χ4n) is 3.08. The van der Waals surface area contributed by atoms with E-state index in [-0.39, 0.29) is 23.8 Å². The van der Waals surface area contributed by atoms with Gasteiger partial charge in [-0.2, -0.15) is 4.31 Å². The Labute approximate surface area is 162 Å². The molecule has 1 heterocycles. The summed E-state index contributed by atoms with van der Waals surface area (Å²) in [5.74, 6) is 0.627. The van der Waals surface area contributed by atoms with Crippen molar-refractivity contribution in [3.8, 4) is 5.75 Å². The number of nitrogens with zero attached hydrogens (tertiary/aromatic N) is 2. The fraction of sp³-hybridized carbons (Fsp3) is 0.632. The summed E-state index contributed by atoms with van der Waals surface area (Å²) in [5.41, 5.74) is 0. The number of amides is 1. The van der Waals surface area contributed by atoms with Crippen molar-refractivity contribution in [2.45, 2.75) is 37.5 Å². The predicted molar refractivity (Wildman–Crippen MR) is 105 cm³/mol. The minimum absolute atomic E-state index is 0.0157. The van der Waals surface area contributed by atoms with E-state index in [0.717, 1.165) is 32.4 Å². The first-order valence-corrected chi connectivity index (χ1v) is 11.1. The molecule has 1 fully saturated rings. The first-order chi connectivity index (χ1) is 13.0. The standard InChI is InChI=1S/C19H31N3O4S/c1-3-4-5-13-22(14-10-19(23)21-15-11-20-12-16-21)27(24,25)18-8-6-17(26-2)7-9-18/h6-9,20H,3-5,10-16H2,1-2H3. The Morgan fingerprint density at radius 3 is 2.41 bits per heavy atom. The van der Waals surface area contributed by atoms with E-state index >= 15 is 0 Å². The zero-order valence-electron chi connectivity index (χ0n) is 16.3. The van der Waals surface area contributed by atoms with Gasteiger partial charge in [-0.3, -0.25) is 4.79 Å². The Kier molecular flexibility index (Phi) is 8.53. The molecular formula is C19H31N3O4S. The van der Waals surface area contributed by atoms with Gasteiger partial charge in [-0.25, -0.2) is 8.42 Å². The van der Waals surface area contributed by atoms with Crippen LogP contribution >= 0.6 is 0 Å². The SMILES string of the molecule is CCCCCN(CCC(=O)N1CCNCC1)S(=O)(=O)c1ccc(OC)cc1. The quantitative estimate of drug-likeness (QED) is 0.608. The van der Waals surface area contributed by atoms with E-state index in [9.17, 15) is 13.2 Å². The highest BCUT2D eigenvalue weighted by atomic mass is 32.2. The van der Waals surface area contributed by atoms with Gasteiger partial charge in [0.2, 0.25) is 15.9 Å². The van der Waals surface area contributed by atoms with Gasteiger partial charge in [0.25, 0.3) is 0 Å². The third kappa shape index (κ3) is 6.19. The molecule has 27 heavy (non-hydrogen) atoms. The normalized spacial score (nSPS) is 15.1. The van der Waals surface area contributed by atoms with Crippen LogP contribution in [0.3, 0.4) is 0 Å². The lowest BCUT2D eigenvalue weighted by Crippen LogP contribution is -2.47. The van der Waals surface area contributed by atoms with Crippen LogP contribution in [-0.2, 0) is 14.8 Å². The van der Waals surface area contributed by atoms with Gasteiger partial charge in [0.15, 0.2) is 0 Å². The van der Waals surface area contributed by atoms with E-state index in [4.69, 9.17) is 4.74 Å². The van der Waals surface area contributed by atoms with Crippen LogP contribution in [0.15, 0.2) is 29.2 Å². The number of nitrogens with one attached hydrogen (secondary N) is 1. The summed E-state index contributed by atoms with van der Waals surface area (Å²) < 4.78 is 32.7. The Morgan fingerprint density at radius 2 is 1.81 bits per heavy atom. The van der Waals surface area contributed by atoms with Crippen LogP contribution in [0.1, 0.15) is 32.6 Å². The van der Waals surface area contributed by atoms with Gasteiger partial charge < -0.3 is 15.0 Å². The summed E-state index contributed by atoms with van der Waals surface area (Å²) in [4.78, 5) is 14.5. The van der Waals surface area contributed by atoms with Crippen molar-refractivity contribution in [1.82, 2.24) is 14.5 Å². The summed E-state index contributed by atoms with van der Waals surface area (Å²) in [6.07, 6.45) is 2.96. The molecular weight excluding hydrogens is 366 g/mol. The van der Waals surface area contributed by atoms with Gasteiger partial charge >= 0.3 is 0 Å². The number of carbonyl (C=O) groups excluding carboxylic acids is 1. The van der Waals surface area contributed by atoms with E-state index in [2.05, 4.69) is 12.2 Å². The molecule has 152 valence electrons. The van der Waals surface area contributed by atoms with Crippen molar-refractivity contribution in [3.63, 3.8) is 0 Å². The average molecular weight is 398 g/mol. The maximum Gasteiger partial charge on any atom is 0.243 e. The molecule has 0 aromatic heterocycles. The van der Waals surface area contributed by atoms with E-state index in [1.807, 2.05) is 0 Å². The smallest absolute Gasteiger partial charge is 0.243 e. The summed E-state index contributed by atoms with van der Waals surface area (Å²) in [6, 6.07) is 6.39. The Balaban J connectivity index is 2.07. The van der Waals surface area contributed by atoms with Gasteiger partial charge in [-0.1, -0.05) is 19.8 Å². The molecule has 0 aliphatic carbocycles. The summed E-state index contributed by atoms with van der Waals surface area (Å²) >= 11 is 0. The van der Waals surface area contributed by atoms with Crippen molar-refractivity contribution >= 4 is 15.9 Å². The lowest BCUT2D eigenvalue weighted by molar-refractivity contribution is -0.131. The minimum atomic E-state index is -3.64. The van der Waals surface area contributed by atoms with E-state index in [1.54, 1.807) is 36.3 Å². The second-order valence-corrected chi connectivity index (χ2v) is 8.61. The van der Waals surface area contributed by atoms with Gasteiger partial charge in [0.1, 0.15) is 5.75 Å². The first-order valence-electron chi connectivity index (χ1n) is 9.61. The van der Waals surface area contributed by atoms with Crippen molar-refractivity contribution < 1.29 is 17.9 Å². The number of carbonyl (C=O) groups is 1. The first kappa shape index (κ1) is 21.7. The molecule has 1 aliphatic heterocycles. The molecule has 1 amide bonds. The fourth-order valence-corrected chi connectivity index (χ4v) is 4.56. The van der Waals surface area contributed by atoms with E-state index in [1.165, 1.54) is 4.31 Å². The Morgan fingerprint density at radius 1 is 1.15 bits per heavy atom. The zero-order valence-corrected chi connectivity index (χ0v) is 17.1. The molecule has 0 bridgehead atoms. The van der Waals surface area contributed by atoms with Crippen molar-refractivity contribution in [1.29, 1.82) is 0 Å². The Bertz CT molecular complexity index is 685. The number of unbranched alkanes of at least 4 members (excludes halogenated alkanes) is 2. The van der Waals surface area contributed by atoms with Crippen LogP contribution in [0.4, 0.5) is 0 Å². The number of methoxy groups -OCH3 is 1. The van der Waals surface area contributed by atoms with E-state index < -0.39 is 10.0 Å². The topological polar surface area (TPSA) is 79.0 Å². The number of hydrogen-bond donors (Lipinski definition) is 1. The summed E-state index contributed by atoms with van der Waals surface area (Å²) in [5, 5.41) is 3.21. The van der Waals surface area contributed by atoms with Gasteiger partial charge in [0, 0.05) is 45.7 Å². The zero-order chi connectivity index (χ0) is 19.7. The molecule has 1 aromatic rings. The Hall–Kier alpha value is -1.64. The minimum Gasteiger partial charge on any atom is -0.497 e. The maximum atomic E-state index is 13.1. The van der Waals surface area contributed by atoms with Crippen LogP contribution in [0, 0.1) is 0 Å². The number of piperazine rings is 1. The molecule has 1 N–H and O–H groups in total. The molecule has 7 nitrogen and oxygen atoms in total. The second kappa shape index (κ2) is 10.6. The van der Waals surface area contributed by atoms with Crippen LogP contribution in [0.25, 0.3) is 0 Å². The molecule has 0 saturated carbocycles. The summed E-state index contributed by atoms with van der Waals surface area (Å²) in [6.45, 7) is 5.65. The number of benzene rings is 1. The van der Waals surface area contributed by atoms with Gasteiger partial charge in [-0.15, -0.1) is 0 Å². The summed E-state index contributed by atoms with van der Waals surface area (Å²) in [7, 11) is -2.09. The number of hydrogen-bond acceptors (Lipinski definition) is 5. The van der Waals surface area contributed by atoms with Crippen LogP contribution in [0.5, 0.6) is 5.75 Å². The highest BCUT2D eigenvalue weighted by Crippen LogP contribution is 2.20. The number of ether oxygens (including phenoxy) is 1. The van der Waals surface area contributed by atoms with Crippen molar-refractivity contribution in [2.24, 2.45) is 0 Å². The van der Waals surface area contributed by atoms with Gasteiger partial charge in [-0.05, 0) is 30.7 Å². The van der Waals surface area contributed by atoms with Crippen LogP contribution < -0.4 is 10.1 Å². The molecule has 0 atom stereocenters. The molecule has 2 rings (SSSR count). The van der Waals surface area contributed by atoms with Crippen LogP contribution in [-0.4, -0.2) is 69.9 Å².